The highest BCUT2D eigenvalue weighted by molar-refractivity contribution is 7.99. The van der Waals surface area contributed by atoms with E-state index in [9.17, 15) is 4.21 Å². The van der Waals surface area contributed by atoms with Crippen molar-refractivity contribution in [3.8, 4) is 0 Å². The van der Waals surface area contributed by atoms with Crippen molar-refractivity contribution < 1.29 is 4.21 Å². The minimum absolute atomic E-state index is 0.690. The van der Waals surface area contributed by atoms with Crippen LogP contribution in [0.5, 0.6) is 0 Å². The highest BCUT2D eigenvalue weighted by Crippen LogP contribution is 1.91. The lowest BCUT2D eigenvalue weighted by molar-refractivity contribution is 0.680. The number of nitrogens with two attached hydrogens (primary N) is 1. The van der Waals surface area contributed by atoms with Gasteiger partial charge in [0, 0.05) is 12.0 Å². The van der Waals surface area contributed by atoms with Gasteiger partial charge >= 0.3 is 0 Å². The van der Waals surface area contributed by atoms with Crippen LogP contribution in [0.1, 0.15) is 12.8 Å². The summed E-state index contributed by atoms with van der Waals surface area (Å²) in [6, 6.07) is 0. The molecule has 2 N–H and O–H groups in total. The molecular weight excluding hydrogens is 134 g/mol. The molecule has 0 radical (unpaired) electrons. The predicted molar refractivity (Wildman–Crippen MR) is 44.3 cm³/mol. The fourth-order valence-electron chi connectivity index (χ4n) is 0.552. The first-order valence-corrected chi connectivity index (χ1v) is 5.37. The number of hydrogen-bond donors (Lipinski definition) is 1. The molecule has 0 aliphatic rings. The molecule has 0 fully saturated rings. The highest BCUT2D eigenvalue weighted by Gasteiger charge is 1.92. The molecule has 1 unspecified atom stereocenters. The molecule has 0 saturated heterocycles. The van der Waals surface area contributed by atoms with E-state index in [0.29, 0.717) is 12.3 Å². The van der Waals surface area contributed by atoms with Crippen LogP contribution in [0.4, 0.5) is 0 Å². The van der Waals surface area contributed by atoms with Gasteiger partial charge in [-0.05, 0) is 34.8 Å². The van der Waals surface area contributed by atoms with E-state index < -0.39 is 9.52 Å². The first-order valence-electron chi connectivity index (χ1n) is 3.06. The zero-order valence-corrected chi connectivity index (χ0v) is 6.75. The van der Waals surface area contributed by atoms with Gasteiger partial charge in [-0.2, -0.15) is 0 Å². The predicted octanol–water partition coefficient (Wildman–Crippen LogP) is 0.0715. The monoisotopic (exact) mass is 149 g/mol. The van der Waals surface area contributed by atoms with Crippen molar-refractivity contribution in [3.05, 3.63) is 0 Å². The SMILES string of the molecule is C=S(C)(=O)CCCCN. The van der Waals surface area contributed by atoms with Crippen LogP contribution in [-0.4, -0.2) is 28.6 Å². The molecule has 0 aliphatic carbocycles. The van der Waals surface area contributed by atoms with Gasteiger partial charge in [-0.25, -0.2) is 0 Å². The highest BCUT2D eigenvalue weighted by atomic mass is 32.2. The third kappa shape index (κ3) is 7.98. The average molecular weight is 149 g/mol. The molecule has 0 aromatic carbocycles. The molecule has 0 saturated carbocycles. The Balaban J connectivity index is 3.30. The molecular formula is C6H15NOS. The van der Waals surface area contributed by atoms with Crippen LogP contribution in [0.2, 0.25) is 0 Å². The normalized spacial score (nSPS) is 17.1. The molecule has 0 heterocycles. The quantitative estimate of drug-likeness (QED) is 0.454. The lowest BCUT2D eigenvalue weighted by Gasteiger charge is -1.98. The van der Waals surface area contributed by atoms with Gasteiger partial charge in [0.25, 0.3) is 0 Å². The van der Waals surface area contributed by atoms with Gasteiger partial charge in [0.05, 0.1) is 0 Å². The zero-order chi connectivity index (χ0) is 7.33. The average Bonchev–Trinajstić information content (AvgIpc) is 1.63. The van der Waals surface area contributed by atoms with Crippen molar-refractivity contribution in [2.24, 2.45) is 5.73 Å². The second-order valence-electron chi connectivity index (χ2n) is 2.38. The van der Waals surface area contributed by atoms with Gasteiger partial charge in [0.2, 0.25) is 0 Å². The third-order valence-electron chi connectivity index (χ3n) is 1.03. The maximum atomic E-state index is 10.9. The van der Waals surface area contributed by atoms with E-state index in [1.54, 1.807) is 6.26 Å². The summed E-state index contributed by atoms with van der Waals surface area (Å²) in [7, 11) is -1.75. The molecule has 0 aliphatic heterocycles. The number of unbranched alkanes of at least 4 members (excludes halogenated alkanes) is 1. The van der Waals surface area contributed by atoms with Crippen LogP contribution in [-0.2, 0) is 9.52 Å². The molecule has 0 bridgehead atoms. The summed E-state index contributed by atoms with van der Waals surface area (Å²) in [4.78, 5) is 0. The molecule has 0 aromatic heterocycles. The molecule has 3 heteroatoms. The number of hydrogen-bond acceptors (Lipinski definition) is 2. The lowest BCUT2D eigenvalue weighted by Crippen LogP contribution is -2.05. The summed E-state index contributed by atoms with van der Waals surface area (Å²) in [6.45, 7) is 0.690. The van der Waals surface area contributed by atoms with Gasteiger partial charge < -0.3 is 5.73 Å². The van der Waals surface area contributed by atoms with Crippen molar-refractivity contribution in [3.63, 3.8) is 0 Å². The molecule has 1 atom stereocenters. The van der Waals surface area contributed by atoms with Gasteiger partial charge in [0.15, 0.2) is 0 Å². The van der Waals surface area contributed by atoms with E-state index >= 15 is 0 Å². The Morgan fingerprint density at radius 2 is 2.11 bits per heavy atom. The van der Waals surface area contributed by atoms with E-state index in [4.69, 9.17) is 5.73 Å². The molecule has 0 spiro atoms. The van der Waals surface area contributed by atoms with E-state index in [-0.39, 0.29) is 0 Å². The third-order valence-corrected chi connectivity index (χ3v) is 2.18. The lowest BCUT2D eigenvalue weighted by atomic mass is 10.3. The Kier molecular flexibility index (Phi) is 3.89. The zero-order valence-electron chi connectivity index (χ0n) is 5.93. The summed E-state index contributed by atoms with van der Waals surface area (Å²) in [5, 5.41) is 0. The Hall–Kier alpha value is -0.0200. The van der Waals surface area contributed by atoms with Gasteiger partial charge in [-0.1, -0.05) is 0 Å². The van der Waals surface area contributed by atoms with Crippen molar-refractivity contribution in [2.75, 3.05) is 18.6 Å². The fraction of sp³-hybridized carbons (Fsp3) is 0.833. The smallest absolute Gasteiger partial charge is 0.0156 e. The Morgan fingerprint density at radius 3 is 2.44 bits per heavy atom. The largest absolute Gasteiger partial charge is 0.330 e. The number of rotatable bonds is 4. The van der Waals surface area contributed by atoms with Crippen LogP contribution >= 0.6 is 0 Å². The van der Waals surface area contributed by atoms with Gasteiger partial charge in [-0.15, -0.1) is 0 Å². The van der Waals surface area contributed by atoms with Gasteiger partial charge in [0.1, 0.15) is 0 Å². The van der Waals surface area contributed by atoms with Crippen LogP contribution in [0.3, 0.4) is 0 Å². The maximum absolute atomic E-state index is 10.9. The standard InChI is InChI=1S/C6H15NOS/c1-9(2,8)6-4-3-5-7/h1,3-7H2,2H3. The van der Waals surface area contributed by atoms with Crippen LogP contribution in [0.15, 0.2) is 0 Å². The molecule has 2 nitrogen and oxygen atoms in total. The molecule has 9 heavy (non-hydrogen) atoms. The van der Waals surface area contributed by atoms with Crippen molar-refractivity contribution >= 4 is 15.4 Å². The minimum Gasteiger partial charge on any atom is -0.330 e. The Bertz CT molecular complexity index is 148. The van der Waals surface area contributed by atoms with Crippen LogP contribution in [0, 0.1) is 0 Å². The second-order valence-corrected chi connectivity index (χ2v) is 5.16. The summed E-state index contributed by atoms with van der Waals surface area (Å²) in [5.41, 5.74) is 5.24. The van der Waals surface area contributed by atoms with Crippen molar-refractivity contribution in [2.45, 2.75) is 12.8 Å². The van der Waals surface area contributed by atoms with E-state index in [1.165, 1.54) is 0 Å². The van der Waals surface area contributed by atoms with Crippen molar-refractivity contribution in [1.82, 2.24) is 0 Å². The summed E-state index contributed by atoms with van der Waals surface area (Å²) in [6.07, 6.45) is 3.58. The van der Waals surface area contributed by atoms with Crippen LogP contribution in [0.25, 0.3) is 0 Å². The summed E-state index contributed by atoms with van der Waals surface area (Å²) < 4.78 is 10.9. The van der Waals surface area contributed by atoms with Crippen LogP contribution < -0.4 is 5.73 Å². The molecule has 0 aromatic rings. The maximum Gasteiger partial charge on any atom is 0.0156 e. The van der Waals surface area contributed by atoms with Crippen molar-refractivity contribution in [1.29, 1.82) is 0 Å². The summed E-state index contributed by atoms with van der Waals surface area (Å²) >= 11 is 0. The summed E-state index contributed by atoms with van der Waals surface area (Å²) in [5.74, 6) is 4.24. The minimum atomic E-state index is -1.75. The Morgan fingerprint density at radius 1 is 1.56 bits per heavy atom. The molecule has 56 valence electrons. The molecule has 0 amide bonds. The first-order chi connectivity index (χ1) is 4.06. The topological polar surface area (TPSA) is 43.1 Å². The van der Waals surface area contributed by atoms with E-state index in [0.717, 1.165) is 12.8 Å². The second kappa shape index (κ2) is 3.90. The first kappa shape index (κ1) is 8.98. The Labute approximate surface area is 57.4 Å². The van der Waals surface area contributed by atoms with Gasteiger partial charge in [-0.3, -0.25) is 4.21 Å². The fourth-order valence-corrected chi connectivity index (χ4v) is 1.37. The van der Waals surface area contributed by atoms with E-state index in [1.807, 2.05) is 0 Å². The molecule has 0 rings (SSSR count). The van der Waals surface area contributed by atoms with E-state index in [2.05, 4.69) is 5.87 Å².